The van der Waals surface area contributed by atoms with Crippen LogP contribution in [0.15, 0.2) is 17.1 Å². The van der Waals surface area contributed by atoms with Crippen molar-refractivity contribution in [3.8, 4) is 11.5 Å². The molecule has 152 valence electrons. The fourth-order valence-corrected chi connectivity index (χ4v) is 3.87. The van der Waals surface area contributed by atoms with Crippen LogP contribution in [0.5, 0.6) is 11.5 Å². The van der Waals surface area contributed by atoms with Crippen molar-refractivity contribution in [2.75, 3.05) is 34.4 Å². The Labute approximate surface area is 167 Å². The fourth-order valence-electron chi connectivity index (χ4n) is 3.87. The molecular weight excluding hydrogens is 354 g/mol. The lowest BCUT2D eigenvalue weighted by molar-refractivity contribution is 0.346. The highest BCUT2D eigenvalue weighted by molar-refractivity contribution is 5.80. The summed E-state index contributed by atoms with van der Waals surface area (Å²) in [5, 5.41) is 8.02. The Balaban J connectivity index is 1.66. The van der Waals surface area contributed by atoms with E-state index >= 15 is 0 Å². The number of benzene rings is 1. The molecule has 0 saturated carbocycles. The Morgan fingerprint density at radius 2 is 1.86 bits per heavy atom. The number of nitrogens with zero attached hydrogens (tertiary/aromatic N) is 4. The molecule has 0 bridgehead atoms. The van der Waals surface area contributed by atoms with Crippen LogP contribution >= 0.6 is 0 Å². The summed E-state index contributed by atoms with van der Waals surface area (Å²) in [5.41, 5.74) is 6.20. The maximum absolute atomic E-state index is 5.47. The molecule has 1 aromatic heterocycles. The lowest BCUT2D eigenvalue weighted by atomic mass is 9.99. The van der Waals surface area contributed by atoms with E-state index in [0.717, 1.165) is 55.6 Å². The van der Waals surface area contributed by atoms with Crippen molar-refractivity contribution in [1.82, 2.24) is 20.0 Å². The molecule has 0 spiro atoms. The van der Waals surface area contributed by atoms with Gasteiger partial charge >= 0.3 is 0 Å². The van der Waals surface area contributed by atoms with Gasteiger partial charge in [-0.25, -0.2) is 0 Å². The SMILES string of the molecule is CN=C(NCCc1c(C)nn(C)c1C)N1CCc2cc(OC)c(OC)cc2C1. The van der Waals surface area contributed by atoms with Gasteiger partial charge in [-0.1, -0.05) is 0 Å². The minimum absolute atomic E-state index is 0.772. The monoisotopic (exact) mass is 385 g/mol. The molecule has 1 aliphatic heterocycles. The zero-order valence-electron chi connectivity index (χ0n) is 17.8. The van der Waals surface area contributed by atoms with Crippen molar-refractivity contribution in [2.24, 2.45) is 12.0 Å². The normalized spacial score (nSPS) is 14.1. The molecule has 7 heteroatoms. The van der Waals surface area contributed by atoms with Crippen LogP contribution < -0.4 is 14.8 Å². The number of aliphatic imine (C=N–C) groups is 1. The number of methoxy groups -OCH3 is 2. The van der Waals surface area contributed by atoms with Crippen molar-refractivity contribution in [3.05, 3.63) is 40.2 Å². The molecule has 1 N–H and O–H groups in total. The third-order valence-corrected chi connectivity index (χ3v) is 5.55. The molecule has 7 nitrogen and oxygen atoms in total. The first-order valence-electron chi connectivity index (χ1n) is 9.66. The standard InChI is InChI=1S/C21H31N5O2/c1-14-18(15(2)25(4)24-14)7-9-23-21(22-3)26-10-8-16-11-19(27-5)20(28-6)12-17(16)13-26/h11-12H,7-10,13H2,1-6H3,(H,22,23). The second kappa shape index (κ2) is 8.54. The van der Waals surface area contributed by atoms with Crippen molar-refractivity contribution in [3.63, 3.8) is 0 Å². The van der Waals surface area contributed by atoms with Crippen LogP contribution in [0.25, 0.3) is 0 Å². The molecule has 2 aromatic rings. The smallest absolute Gasteiger partial charge is 0.193 e. The molecule has 0 unspecified atom stereocenters. The summed E-state index contributed by atoms with van der Waals surface area (Å²) in [7, 11) is 7.18. The summed E-state index contributed by atoms with van der Waals surface area (Å²) in [6.07, 6.45) is 1.89. The highest BCUT2D eigenvalue weighted by Crippen LogP contribution is 2.33. The molecule has 3 rings (SSSR count). The Morgan fingerprint density at radius 3 is 2.43 bits per heavy atom. The van der Waals surface area contributed by atoms with Crippen molar-refractivity contribution in [1.29, 1.82) is 0 Å². The summed E-state index contributed by atoms with van der Waals surface area (Å²) >= 11 is 0. The Morgan fingerprint density at radius 1 is 1.18 bits per heavy atom. The van der Waals surface area contributed by atoms with Crippen LogP contribution in [0, 0.1) is 13.8 Å². The molecule has 1 aromatic carbocycles. The summed E-state index contributed by atoms with van der Waals surface area (Å²) in [5.74, 6) is 2.49. The third kappa shape index (κ3) is 3.93. The van der Waals surface area contributed by atoms with Gasteiger partial charge in [-0.2, -0.15) is 5.10 Å². The van der Waals surface area contributed by atoms with E-state index in [9.17, 15) is 0 Å². The Bertz CT molecular complexity index is 872. The second-order valence-corrected chi connectivity index (χ2v) is 7.14. The fraction of sp³-hybridized carbons (Fsp3) is 0.524. The molecule has 1 aliphatic rings. The number of hydrogen-bond donors (Lipinski definition) is 1. The number of aromatic nitrogens is 2. The summed E-state index contributed by atoms with van der Waals surface area (Å²) < 4.78 is 12.8. The summed E-state index contributed by atoms with van der Waals surface area (Å²) in [4.78, 5) is 6.79. The number of hydrogen-bond acceptors (Lipinski definition) is 4. The number of aryl methyl sites for hydroxylation is 2. The quantitative estimate of drug-likeness (QED) is 0.632. The minimum Gasteiger partial charge on any atom is -0.493 e. The van der Waals surface area contributed by atoms with E-state index in [1.165, 1.54) is 22.4 Å². The maximum Gasteiger partial charge on any atom is 0.193 e. The van der Waals surface area contributed by atoms with Crippen LogP contribution in [-0.4, -0.2) is 55.0 Å². The van der Waals surface area contributed by atoms with Gasteiger partial charge in [0.15, 0.2) is 17.5 Å². The Hall–Kier alpha value is -2.70. The van der Waals surface area contributed by atoms with Crippen LogP contribution in [0.4, 0.5) is 0 Å². The number of nitrogens with one attached hydrogen (secondary N) is 1. The zero-order valence-corrected chi connectivity index (χ0v) is 17.8. The van der Waals surface area contributed by atoms with E-state index < -0.39 is 0 Å². The Kier molecular flexibility index (Phi) is 6.11. The van der Waals surface area contributed by atoms with Gasteiger partial charge in [0.05, 0.1) is 19.9 Å². The number of guanidine groups is 1. The van der Waals surface area contributed by atoms with Crippen LogP contribution in [-0.2, 0) is 26.4 Å². The summed E-state index contributed by atoms with van der Waals surface area (Å²) in [6.45, 7) is 6.75. The van der Waals surface area contributed by atoms with Crippen molar-refractivity contribution >= 4 is 5.96 Å². The molecule has 0 atom stereocenters. The first-order chi connectivity index (χ1) is 13.5. The molecule has 0 amide bonds. The molecule has 0 radical (unpaired) electrons. The van der Waals surface area contributed by atoms with Gasteiger partial charge in [0.25, 0.3) is 0 Å². The molecule has 0 aliphatic carbocycles. The summed E-state index contributed by atoms with van der Waals surface area (Å²) in [6, 6.07) is 4.17. The van der Waals surface area contributed by atoms with Gasteiger partial charge in [-0.15, -0.1) is 0 Å². The topological polar surface area (TPSA) is 63.9 Å². The van der Waals surface area contributed by atoms with Gasteiger partial charge in [0.2, 0.25) is 0 Å². The maximum atomic E-state index is 5.47. The highest BCUT2D eigenvalue weighted by atomic mass is 16.5. The van der Waals surface area contributed by atoms with Gasteiger partial charge < -0.3 is 19.7 Å². The number of ether oxygens (including phenoxy) is 2. The lowest BCUT2D eigenvalue weighted by Gasteiger charge is -2.32. The van der Waals surface area contributed by atoms with Crippen LogP contribution in [0.1, 0.15) is 28.1 Å². The van der Waals surface area contributed by atoms with Gasteiger partial charge in [0.1, 0.15) is 0 Å². The van der Waals surface area contributed by atoms with Crippen molar-refractivity contribution < 1.29 is 9.47 Å². The van der Waals surface area contributed by atoms with Crippen molar-refractivity contribution in [2.45, 2.75) is 33.2 Å². The van der Waals surface area contributed by atoms with E-state index in [1.807, 2.05) is 18.8 Å². The van der Waals surface area contributed by atoms with Gasteiger partial charge in [-0.05, 0) is 55.5 Å². The van der Waals surface area contributed by atoms with Crippen LogP contribution in [0.3, 0.4) is 0 Å². The van der Waals surface area contributed by atoms with Gasteiger partial charge in [-0.3, -0.25) is 9.67 Å². The lowest BCUT2D eigenvalue weighted by Crippen LogP contribution is -2.44. The van der Waals surface area contributed by atoms with Gasteiger partial charge in [0, 0.05) is 39.4 Å². The first-order valence-corrected chi connectivity index (χ1v) is 9.66. The van der Waals surface area contributed by atoms with Crippen LogP contribution in [0.2, 0.25) is 0 Å². The predicted octanol–water partition coefficient (Wildman–Crippen LogP) is 2.23. The van der Waals surface area contributed by atoms with E-state index in [-0.39, 0.29) is 0 Å². The number of rotatable bonds is 5. The average Bonchev–Trinajstić information content (AvgIpc) is 2.95. The van der Waals surface area contributed by atoms with E-state index in [0.29, 0.717) is 0 Å². The number of fused-ring (bicyclic) bond motifs is 1. The largest absolute Gasteiger partial charge is 0.493 e. The molecule has 2 heterocycles. The third-order valence-electron chi connectivity index (χ3n) is 5.55. The van der Waals surface area contributed by atoms with E-state index in [4.69, 9.17) is 9.47 Å². The average molecular weight is 386 g/mol. The van der Waals surface area contributed by atoms with E-state index in [2.05, 4.69) is 46.3 Å². The molecular formula is C21H31N5O2. The first kappa shape index (κ1) is 20.0. The molecule has 28 heavy (non-hydrogen) atoms. The zero-order chi connectivity index (χ0) is 20.3. The minimum atomic E-state index is 0.772. The molecule has 0 saturated heterocycles. The second-order valence-electron chi connectivity index (χ2n) is 7.14. The molecule has 0 fully saturated rings. The highest BCUT2D eigenvalue weighted by Gasteiger charge is 2.21. The predicted molar refractivity (Wildman–Crippen MR) is 111 cm³/mol. The van der Waals surface area contributed by atoms with E-state index in [1.54, 1.807) is 14.2 Å².